The maximum atomic E-state index is 12.0. The number of nitrogens with one attached hydrogen (secondary N) is 1. The Morgan fingerprint density at radius 3 is 2.38 bits per heavy atom. The lowest BCUT2D eigenvalue weighted by Crippen LogP contribution is -2.53. The molecular weight excluding hydrogens is 513 g/mol. The molecule has 1 aliphatic rings. The summed E-state index contributed by atoms with van der Waals surface area (Å²) >= 11 is 0. The van der Waals surface area contributed by atoms with Crippen LogP contribution in [0.4, 0.5) is 0 Å². The molecule has 1 aliphatic heterocycles. The zero-order valence-corrected chi connectivity index (χ0v) is 22.0. The van der Waals surface area contributed by atoms with Crippen LogP contribution in [0.1, 0.15) is 43.5 Å². The highest BCUT2D eigenvalue weighted by atomic mass is 127. The van der Waals surface area contributed by atoms with E-state index in [-0.39, 0.29) is 29.5 Å². The Balaban J connectivity index is 0.00000363. The van der Waals surface area contributed by atoms with Gasteiger partial charge in [-0.1, -0.05) is 43.3 Å². The summed E-state index contributed by atoms with van der Waals surface area (Å²) in [6, 6.07) is 16.8. The molecule has 1 unspecified atom stereocenters. The molecule has 0 radical (unpaired) electrons. The molecule has 7 heteroatoms. The molecule has 0 spiro atoms. The fourth-order valence-electron chi connectivity index (χ4n) is 4.46. The zero-order valence-electron chi connectivity index (χ0n) is 19.7. The van der Waals surface area contributed by atoms with Gasteiger partial charge in [-0.25, -0.2) is 0 Å². The number of halogens is 1. The van der Waals surface area contributed by atoms with E-state index in [4.69, 9.17) is 0 Å². The number of piperazine rings is 1. The number of hydrogen-bond acceptors (Lipinski definition) is 3. The van der Waals surface area contributed by atoms with Crippen molar-refractivity contribution in [3.63, 3.8) is 0 Å². The standard InChI is InChI=1S/C25H37N5O.HI/c1-4-23(22-12-6-5-7-13-22)28-17-19-29(20-18-28)25(26-3)27-15-8-9-16-30-21(2)11-10-14-24(30)31;/h5-7,10-14,23H,4,8-9,15-20H2,1-3H3,(H,26,27);1H. The molecule has 1 N–H and O–H groups in total. The summed E-state index contributed by atoms with van der Waals surface area (Å²) in [6.45, 7) is 9.97. The summed E-state index contributed by atoms with van der Waals surface area (Å²) < 4.78 is 1.85. The molecule has 0 saturated carbocycles. The molecule has 6 nitrogen and oxygen atoms in total. The van der Waals surface area contributed by atoms with Crippen molar-refractivity contribution >= 4 is 29.9 Å². The monoisotopic (exact) mass is 551 g/mol. The van der Waals surface area contributed by atoms with Crippen LogP contribution in [0, 0.1) is 6.92 Å². The fraction of sp³-hybridized carbons (Fsp3) is 0.520. The van der Waals surface area contributed by atoms with Gasteiger partial charge in [0.15, 0.2) is 5.96 Å². The minimum absolute atomic E-state index is 0. The van der Waals surface area contributed by atoms with Crippen molar-refractivity contribution in [3.05, 3.63) is 70.1 Å². The third-order valence-electron chi connectivity index (χ3n) is 6.20. The van der Waals surface area contributed by atoms with Gasteiger partial charge in [-0.05, 0) is 37.8 Å². The van der Waals surface area contributed by atoms with Gasteiger partial charge in [0, 0.05) is 64.1 Å². The van der Waals surface area contributed by atoms with Crippen LogP contribution in [0.5, 0.6) is 0 Å². The van der Waals surface area contributed by atoms with E-state index in [1.54, 1.807) is 6.07 Å². The number of rotatable bonds is 8. The molecule has 3 rings (SSSR count). The quantitative estimate of drug-likeness (QED) is 0.234. The number of pyridine rings is 1. The number of aliphatic imine (C=N–C) groups is 1. The van der Waals surface area contributed by atoms with Gasteiger partial charge < -0.3 is 14.8 Å². The van der Waals surface area contributed by atoms with Crippen molar-refractivity contribution in [2.45, 2.75) is 45.7 Å². The van der Waals surface area contributed by atoms with E-state index < -0.39 is 0 Å². The van der Waals surface area contributed by atoms with Crippen LogP contribution in [-0.2, 0) is 6.54 Å². The number of unbranched alkanes of at least 4 members (excludes halogenated alkanes) is 1. The third-order valence-corrected chi connectivity index (χ3v) is 6.20. The van der Waals surface area contributed by atoms with Crippen LogP contribution in [0.15, 0.2) is 58.3 Å². The molecule has 1 atom stereocenters. The highest BCUT2D eigenvalue weighted by Crippen LogP contribution is 2.25. The van der Waals surface area contributed by atoms with Crippen LogP contribution >= 0.6 is 24.0 Å². The number of benzene rings is 1. The molecule has 176 valence electrons. The van der Waals surface area contributed by atoms with Crippen molar-refractivity contribution in [1.29, 1.82) is 0 Å². The SMILES string of the molecule is CCC(c1ccccc1)N1CCN(C(=NC)NCCCCn2c(C)cccc2=O)CC1.I. The average molecular weight is 552 g/mol. The van der Waals surface area contributed by atoms with E-state index in [1.807, 2.05) is 30.7 Å². The molecule has 0 aliphatic carbocycles. The molecule has 1 saturated heterocycles. The van der Waals surface area contributed by atoms with Gasteiger partial charge in [0.05, 0.1) is 0 Å². The second kappa shape index (κ2) is 13.6. The molecular formula is C25H38IN5O. The van der Waals surface area contributed by atoms with E-state index in [9.17, 15) is 4.79 Å². The van der Waals surface area contributed by atoms with Crippen molar-refractivity contribution in [1.82, 2.24) is 19.7 Å². The Hall–Kier alpha value is -1.87. The van der Waals surface area contributed by atoms with Crippen molar-refractivity contribution in [2.75, 3.05) is 39.8 Å². The second-order valence-electron chi connectivity index (χ2n) is 8.20. The third kappa shape index (κ3) is 7.07. The molecule has 1 aromatic carbocycles. The highest BCUT2D eigenvalue weighted by Gasteiger charge is 2.25. The van der Waals surface area contributed by atoms with E-state index >= 15 is 0 Å². The predicted octanol–water partition coefficient (Wildman–Crippen LogP) is 3.90. The molecule has 0 bridgehead atoms. The maximum absolute atomic E-state index is 12.0. The predicted molar refractivity (Wildman–Crippen MR) is 144 cm³/mol. The lowest BCUT2D eigenvalue weighted by molar-refractivity contribution is 0.127. The first-order valence-corrected chi connectivity index (χ1v) is 11.5. The smallest absolute Gasteiger partial charge is 0.250 e. The minimum atomic E-state index is 0. The van der Waals surface area contributed by atoms with Gasteiger partial charge in [-0.2, -0.15) is 0 Å². The summed E-state index contributed by atoms with van der Waals surface area (Å²) in [7, 11) is 1.86. The first kappa shape index (κ1) is 26.4. The van der Waals surface area contributed by atoms with E-state index in [1.165, 1.54) is 5.56 Å². The van der Waals surface area contributed by atoms with E-state index in [0.717, 1.165) is 70.2 Å². The Bertz CT molecular complexity index is 891. The average Bonchev–Trinajstić information content (AvgIpc) is 2.80. The number of hydrogen-bond donors (Lipinski definition) is 1. The van der Waals surface area contributed by atoms with Gasteiger partial charge in [0.1, 0.15) is 0 Å². The number of guanidine groups is 1. The molecule has 32 heavy (non-hydrogen) atoms. The van der Waals surface area contributed by atoms with Crippen LogP contribution in [0.2, 0.25) is 0 Å². The van der Waals surface area contributed by atoms with Crippen molar-refractivity contribution in [3.8, 4) is 0 Å². The van der Waals surface area contributed by atoms with Crippen molar-refractivity contribution < 1.29 is 0 Å². The van der Waals surface area contributed by atoms with Crippen molar-refractivity contribution in [2.24, 2.45) is 4.99 Å². The molecule has 2 aromatic rings. The normalized spacial score (nSPS) is 15.8. The van der Waals surface area contributed by atoms with Gasteiger partial charge in [0.2, 0.25) is 0 Å². The summed E-state index contributed by atoms with van der Waals surface area (Å²) in [4.78, 5) is 21.4. The largest absolute Gasteiger partial charge is 0.356 e. The molecule has 1 fully saturated rings. The van der Waals surface area contributed by atoms with Gasteiger partial charge in [0.25, 0.3) is 5.56 Å². The van der Waals surface area contributed by atoms with Gasteiger partial charge in [-0.15, -0.1) is 24.0 Å². The Kier molecular flexibility index (Phi) is 11.2. The molecule has 2 heterocycles. The minimum Gasteiger partial charge on any atom is -0.356 e. The Morgan fingerprint density at radius 2 is 1.75 bits per heavy atom. The van der Waals surface area contributed by atoms with Crippen LogP contribution in [0.25, 0.3) is 0 Å². The van der Waals surface area contributed by atoms with Gasteiger partial charge >= 0.3 is 0 Å². The van der Waals surface area contributed by atoms with Crippen LogP contribution in [-0.4, -0.2) is 60.1 Å². The zero-order chi connectivity index (χ0) is 22.1. The van der Waals surface area contributed by atoms with Crippen LogP contribution < -0.4 is 10.9 Å². The van der Waals surface area contributed by atoms with Crippen LogP contribution in [0.3, 0.4) is 0 Å². The maximum Gasteiger partial charge on any atom is 0.250 e. The van der Waals surface area contributed by atoms with E-state index in [0.29, 0.717) is 6.04 Å². The molecule has 1 aromatic heterocycles. The second-order valence-corrected chi connectivity index (χ2v) is 8.20. The first-order valence-electron chi connectivity index (χ1n) is 11.5. The number of nitrogens with zero attached hydrogens (tertiary/aromatic N) is 4. The summed E-state index contributed by atoms with van der Waals surface area (Å²) in [5.74, 6) is 0.987. The number of aromatic nitrogens is 1. The topological polar surface area (TPSA) is 52.9 Å². The lowest BCUT2D eigenvalue weighted by Gasteiger charge is -2.40. The fourth-order valence-corrected chi connectivity index (χ4v) is 4.46. The first-order chi connectivity index (χ1) is 15.1. The summed E-state index contributed by atoms with van der Waals surface area (Å²) in [6.07, 6.45) is 3.10. The van der Waals surface area contributed by atoms with Gasteiger partial charge in [-0.3, -0.25) is 14.7 Å². The lowest BCUT2D eigenvalue weighted by atomic mass is 10.0. The Labute approximate surface area is 209 Å². The number of aryl methyl sites for hydroxylation is 1. The summed E-state index contributed by atoms with van der Waals surface area (Å²) in [5.41, 5.74) is 2.52. The Morgan fingerprint density at radius 1 is 1.03 bits per heavy atom. The highest BCUT2D eigenvalue weighted by molar-refractivity contribution is 14.0. The molecule has 0 amide bonds. The summed E-state index contributed by atoms with van der Waals surface area (Å²) in [5, 5.41) is 3.51. The van der Waals surface area contributed by atoms with E-state index in [2.05, 4.69) is 57.4 Å².